The first-order chi connectivity index (χ1) is 9.78. The molecule has 2 aliphatic rings. The van der Waals surface area contributed by atoms with Crippen LogP contribution in [0, 0.1) is 5.41 Å². The first-order valence-corrected chi connectivity index (χ1v) is 7.18. The smallest absolute Gasteiger partial charge is 0.407 e. The molecule has 1 amide bonds. The van der Waals surface area contributed by atoms with Crippen LogP contribution in [0.25, 0.3) is 0 Å². The van der Waals surface area contributed by atoms with E-state index in [4.69, 9.17) is 9.47 Å². The van der Waals surface area contributed by atoms with E-state index in [1.54, 1.807) is 12.4 Å². The molecular weight excluding hydrogens is 256 g/mol. The number of pyridine rings is 1. The minimum Gasteiger partial charge on any atom is -0.445 e. The lowest BCUT2D eigenvalue weighted by Crippen LogP contribution is -2.57. The van der Waals surface area contributed by atoms with E-state index in [9.17, 15) is 4.79 Å². The van der Waals surface area contributed by atoms with Gasteiger partial charge in [0.25, 0.3) is 0 Å². The van der Waals surface area contributed by atoms with Gasteiger partial charge in [0.2, 0.25) is 0 Å². The van der Waals surface area contributed by atoms with Crippen LogP contribution in [0.4, 0.5) is 4.79 Å². The maximum Gasteiger partial charge on any atom is 0.407 e. The van der Waals surface area contributed by atoms with Crippen molar-refractivity contribution in [3.8, 4) is 0 Å². The molecule has 1 aromatic rings. The molecule has 1 saturated heterocycles. The van der Waals surface area contributed by atoms with Crippen LogP contribution in [-0.2, 0) is 16.1 Å². The summed E-state index contributed by atoms with van der Waals surface area (Å²) in [4.78, 5) is 15.8. The van der Waals surface area contributed by atoms with Crippen molar-refractivity contribution < 1.29 is 14.3 Å². The SMILES string of the molecule is O=C(NC1CCC12CCOCC2)OCc1ccncc1. The number of alkyl carbamates (subject to hydrolysis) is 1. The van der Waals surface area contributed by atoms with Crippen LogP contribution in [0.15, 0.2) is 24.5 Å². The summed E-state index contributed by atoms with van der Waals surface area (Å²) in [6, 6.07) is 3.93. The van der Waals surface area contributed by atoms with Crippen molar-refractivity contribution in [3.63, 3.8) is 0 Å². The summed E-state index contributed by atoms with van der Waals surface area (Å²) in [7, 11) is 0. The minimum atomic E-state index is -0.322. The molecule has 1 N–H and O–H groups in total. The highest BCUT2D eigenvalue weighted by atomic mass is 16.5. The van der Waals surface area contributed by atoms with Crippen LogP contribution in [-0.4, -0.2) is 30.3 Å². The lowest BCUT2D eigenvalue weighted by molar-refractivity contribution is -0.0539. The molecule has 1 aliphatic carbocycles. The Morgan fingerprint density at radius 3 is 2.75 bits per heavy atom. The van der Waals surface area contributed by atoms with Crippen molar-refractivity contribution in [2.24, 2.45) is 5.41 Å². The van der Waals surface area contributed by atoms with Crippen LogP contribution in [0.2, 0.25) is 0 Å². The number of nitrogens with zero attached hydrogens (tertiary/aromatic N) is 1. The zero-order valence-corrected chi connectivity index (χ0v) is 11.5. The molecule has 1 unspecified atom stereocenters. The van der Waals surface area contributed by atoms with E-state index in [1.165, 1.54) is 6.42 Å². The summed E-state index contributed by atoms with van der Waals surface area (Å²) in [6.45, 7) is 1.91. The van der Waals surface area contributed by atoms with Crippen molar-refractivity contribution in [3.05, 3.63) is 30.1 Å². The van der Waals surface area contributed by atoms with Crippen LogP contribution >= 0.6 is 0 Å². The molecule has 108 valence electrons. The Morgan fingerprint density at radius 2 is 2.10 bits per heavy atom. The number of nitrogens with one attached hydrogen (secondary N) is 1. The zero-order chi connectivity index (χ0) is 13.8. The summed E-state index contributed by atoms with van der Waals surface area (Å²) in [6.07, 6.45) is 7.39. The van der Waals surface area contributed by atoms with E-state index in [2.05, 4.69) is 10.3 Å². The average molecular weight is 276 g/mol. The molecule has 1 saturated carbocycles. The Bertz CT molecular complexity index is 457. The Kier molecular flexibility index (Phi) is 3.87. The Hall–Kier alpha value is -1.62. The second kappa shape index (κ2) is 5.79. The zero-order valence-electron chi connectivity index (χ0n) is 11.5. The summed E-state index contributed by atoms with van der Waals surface area (Å²) >= 11 is 0. The predicted molar refractivity (Wildman–Crippen MR) is 73.1 cm³/mol. The third kappa shape index (κ3) is 2.77. The number of hydrogen-bond donors (Lipinski definition) is 1. The quantitative estimate of drug-likeness (QED) is 0.920. The molecule has 1 aromatic heterocycles. The van der Waals surface area contributed by atoms with E-state index in [1.807, 2.05) is 12.1 Å². The molecule has 2 heterocycles. The maximum atomic E-state index is 11.9. The summed E-state index contributed by atoms with van der Waals surface area (Å²) < 4.78 is 10.7. The topological polar surface area (TPSA) is 60.5 Å². The molecule has 1 atom stereocenters. The van der Waals surface area contributed by atoms with Gasteiger partial charge < -0.3 is 14.8 Å². The summed E-state index contributed by atoms with van der Waals surface area (Å²) in [5.41, 5.74) is 1.21. The van der Waals surface area contributed by atoms with Gasteiger partial charge in [-0.05, 0) is 48.8 Å². The molecule has 0 bridgehead atoms. The highest BCUT2D eigenvalue weighted by Gasteiger charge is 2.48. The number of hydrogen-bond acceptors (Lipinski definition) is 4. The van der Waals surface area contributed by atoms with Gasteiger partial charge in [-0.3, -0.25) is 4.98 Å². The normalized spacial score (nSPS) is 23.9. The second-order valence-electron chi connectivity index (χ2n) is 5.64. The number of carbonyl (C=O) groups is 1. The minimum absolute atomic E-state index is 0.247. The number of aromatic nitrogens is 1. The monoisotopic (exact) mass is 276 g/mol. The van der Waals surface area contributed by atoms with Crippen LogP contribution in [0.3, 0.4) is 0 Å². The highest BCUT2D eigenvalue weighted by Crippen LogP contribution is 2.48. The van der Waals surface area contributed by atoms with Crippen LogP contribution in [0.1, 0.15) is 31.2 Å². The van der Waals surface area contributed by atoms with Crippen molar-refractivity contribution in [2.75, 3.05) is 13.2 Å². The molecule has 5 heteroatoms. The third-order valence-electron chi connectivity index (χ3n) is 4.57. The predicted octanol–water partition coefficient (Wildman–Crippen LogP) is 2.27. The van der Waals surface area contributed by atoms with Crippen molar-refractivity contribution in [1.29, 1.82) is 0 Å². The average Bonchev–Trinajstić information content (AvgIpc) is 2.51. The molecule has 2 fully saturated rings. The van der Waals surface area contributed by atoms with Gasteiger partial charge in [-0.1, -0.05) is 0 Å². The highest BCUT2D eigenvalue weighted by molar-refractivity contribution is 5.68. The molecular formula is C15H20N2O3. The lowest BCUT2D eigenvalue weighted by atomic mass is 9.60. The van der Waals surface area contributed by atoms with Crippen LogP contribution in [0.5, 0.6) is 0 Å². The lowest BCUT2D eigenvalue weighted by Gasteiger charge is -2.51. The number of carbonyl (C=O) groups excluding carboxylic acids is 1. The Labute approximate surface area is 118 Å². The maximum absolute atomic E-state index is 11.9. The largest absolute Gasteiger partial charge is 0.445 e. The number of rotatable bonds is 3. The first-order valence-electron chi connectivity index (χ1n) is 7.18. The number of amides is 1. The van der Waals surface area contributed by atoms with Crippen molar-refractivity contribution in [1.82, 2.24) is 10.3 Å². The van der Waals surface area contributed by atoms with E-state index in [0.29, 0.717) is 0 Å². The van der Waals surface area contributed by atoms with Gasteiger partial charge in [-0.15, -0.1) is 0 Å². The summed E-state index contributed by atoms with van der Waals surface area (Å²) in [5, 5.41) is 3.01. The Balaban J connectivity index is 1.47. The standard InChI is InChI=1S/C15H20N2O3/c18-14(20-11-12-2-7-16-8-3-12)17-13-1-4-15(13)5-9-19-10-6-15/h2-3,7-8,13H,1,4-6,9-11H2,(H,17,18). The van der Waals surface area contributed by atoms with Crippen molar-refractivity contribution in [2.45, 2.75) is 38.3 Å². The van der Waals surface area contributed by atoms with Gasteiger partial charge in [-0.2, -0.15) is 0 Å². The van der Waals surface area contributed by atoms with Gasteiger partial charge in [0.05, 0.1) is 0 Å². The Morgan fingerprint density at radius 1 is 1.35 bits per heavy atom. The fourth-order valence-corrected chi connectivity index (χ4v) is 3.11. The van der Waals surface area contributed by atoms with E-state index < -0.39 is 0 Å². The molecule has 0 radical (unpaired) electrons. The molecule has 1 spiro atoms. The number of ether oxygens (including phenoxy) is 2. The van der Waals surface area contributed by atoms with Crippen LogP contribution < -0.4 is 5.32 Å². The fourth-order valence-electron chi connectivity index (χ4n) is 3.11. The van der Waals surface area contributed by atoms with Gasteiger partial charge in [0.1, 0.15) is 6.61 Å². The molecule has 0 aromatic carbocycles. The molecule has 20 heavy (non-hydrogen) atoms. The van der Waals surface area contributed by atoms with Gasteiger partial charge in [0, 0.05) is 31.6 Å². The molecule has 1 aliphatic heterocycles. The third-order valence-corrected chi connectivity index (χ3v) is 4.57. The van der Waals surface area contributed by atoms with Crippen molar-refractivity contribution >= 4 is 6.09 Å². The molecule has 3 rings (SSSR count). The van der Waals surface area contributed by atoms with Gasteiger partial charge in [0.15, 0.2) is 0 Å². The van der Waals surface area contributed by atoms with Gasteiger partial charge >= 0.3 is 6.09 Å². The van der Waals surface area contributed by atoms with Gasteiger partial charge in [-0.25, -0.2) is 4.79 Å². The summed E-state index contributed by atoms with van der Waals surface area (Å²) in [5.74, 6) is 0. The van der Waals surface area contributed by atoms with E-state index in [0.717, 1.165) is 38.0 Å². The first kappa shape index (κ1) is 13.4. The fraction of sp³-hybridized carbons (Fsp3) is 0.600. The second-order valence-corrected chi connectivity index (χ2v) is 5.64. The van der Waals surface area contributed by atoms with E-state index in [-0.39, 0.29) is 24.2 Å². The molecule has 5 nitrogen and oxygen atoms in total. The van der Waals surface area contributed by atoms with E-state index >= 15 is 0 Å².